The number of carbonyl (C=O) groups excluding carboxylic acids is 1. The third-order valence-electron chi connectivity index (χ3n) is 7.09. The second-order valence-electron chi connectivity index (χ2n) is 8.59. The van der Waals surface area contributed by atoms with Crippen molar-refractivity contribution in [2.24, 2.45) is 0 Å². The molecule has 0 spiro atoms. The van der Waals surface area contributed by atoms with Crippen LogP contribution in [0.1, 0.15) is 36.8 Å². The molecule has 2 bridgehead atoms. The second-order valence-corrected chi connectivity index (χ2v) is 8.59. The number of halogens is 2. The molecular formula is C24H29BrFNO3. The van der Waals surface area contributed by atoms with Crippen LogP contribution in [0.3, 0.4) is 0 Å². The molecule has 0 radical (unpaired) electrons. The predicted molar refractivity (Wildman–Crippen MR) is 109 cm³/mol. The van der Waals surface area contributed by atoms with Crippen molar-refractivity contribution in [3.63, 3.8) is 0 Å². The van der Waals surface area contributed by atoms with Crippen molar-refractivity contribution in [3.8, 4) is 0 Å². The van der Waals surface area contributed by atoms with Crippen LogP contribution in [-0.2, 0) is 15.1 Å². The smallest absolute Gasteiger partial charge is 0.347 e. The molecule has 2 fully saturated rings. The summed E-state index contributed by atoms with van der Waals surface area (Å²) >= 11 is 0. The van der Waals surface area contributed by atoms with Crippen molar-refractivity contribution in [2.75, 3.05) is 20.3 Å². The monoisotopic (exact) mass is 477 g/mol. The first kappa shape index (κ1) is 22.9. The first-order chi connectivity index (χ1) is 14.0. The molecule has 0 saturated carbocycles. The quantitative estimate of drug-likeness (QED) is 0.488. The lowest BCUT2D eigenvalue weighted by molar-refractivity contribution is -0.949. The van der Waals surface area contributed by atoms with Crippen LogP contribution in [0.4, 0.5) is 4.39 Å². The standard InChI is InChI=1S/C24H29FNO3.BrH/c1-26(15-14-25)20-12-13-21(26)17-22(16-20)29-23(27)24(28,18-8-4-2-5-9-18)19-10-6-3-7-11-19;/h2-11,20-22,28H,12-17H2,1H3;1H/q+1;/p-1/t20-,21+,22+,26?;. The summed E-state index contributed by atoms with van der Waals surface area (Å²) in [5.41, 5.74) is -0.864. The van der Waals surface area contributed by atoms with Crippen LogP contribution in [0.25, 0.3) is 0 Å². The third-order valence-corrected chi connectivity index (χ3v) is 7.09. The average Bonchev–Trinajstić information content (AvgIpc) is 2.91. The summed E-state index contributed by atoms with van der Waals surface area (Å²) in [6, 6.07) is 18.5. The van der Waals surface area contributed by atoms with Gasteiger partial charge in [-0.1, -0.05) is 60.7 Å². The minimum absolute atomic E-state index is 0. The summed E-state index contributed by atoms with van der Waals surface area (Å²) in [5.74, 6) is -0.638. The number of benzene rings is 2. The maximum atomic E-state index is 13.3. The Hall–Kier alpha value is -1.76. The van der Waals surface area contributed by atoms with Crippen molar-refractivity contribution in [1.29, 1.82) is 0 Å². The van der Waals surface area contributed by atoms with E-state index in [1.54, 1.807) is 48.5 Å². The minimum Gasteiger partial charge on any atom is -1.00 e. The minimum atomic E-state index is -1.85. The van der Waals surface area contributed by atoms with Gasteiger partial charge in [-0.3, -0.25) is 0 Å². The molecule has 2 saturated heterocycles. The lowest BCUT2D eigenvalue weighted by atomic mass is 9.86. The van der Waals surface area contributed by atoms with Crippen LogP contribution in [0.5, 0.6) is 0 Å². The first-order valence-electron chi connectivity index (χ1n) is 10.4. The molecule has 4 rings (SSSR count). The highest BCUT2D eigenvalue weighted by molar-refractivity contribution is 5.85. The van der Waals surface area contributed by atoms with E-state index < -0.39 is 11.6 Å². The number of esters is 1. The Labute approximate surface area is 188 Å². The second kappa shape index (κ2) is 9.16. The highest BCUT2D eigenvalue weighted by Gasteiger charge is 2.53. The molecule has 2 aliphatic rings. The number of nitrogens with zero attached hydrogens (tertiary/aromatic N) is 1. The number of alkyl halides is 1. The lowest BCUT2D eigenvalue weighted by Gasteiger charge is -2.46. The van der Waals surface area contributed by atoms with Crippen molar-refractivity contribution >= 4 is 5.97 Å². The van der Waals surface area contributed by atoms with Gasteiger partial charge in [0.2, 0.25) is 5.60 Å². The lowest BCUT2D eigenvalue weighted by Crippen LogP contribution is -3.00. The van der Waals surface area contributed by atoms with Gasteiger partial charge in [0.05, 0.1) is 19.1 Å². The molecule has 0 amide bonds. The number of fused-ring (bicyclic) bond motifs is 2. The summed E-state index contributed by atoms with van der Waals surface area (Å²) in [6.07, 6.45) is 3.27. The Morgan fingerprint density at radius 2 is 1.50 bits per heavy atom. The molecule has 0 aromatic heterocycles. The van der Waals surface area contributed by atoms with Gasteiger partial charge in [0, 0.05) is 25.7 Å². The molecule has 4 nitrogen and oxygen atoms in total. The van der Waals surface area contributed by atoms with Gasteiger partial charge in [-0.15, -0.1) is 0 Å². The van der Waals surface area contributed by atoms with E-state index >= 15 is 0 Å². The van der Waals surface area contributed by atoms with E-state index in [4.69, 9.17) is 4.74 Å². The fraction of sp³-hybridized carbons (Fsp3) is 0.458. The maximum absolute atomic E-state index is 13.3. The number of ether oxygens (including phenoxy) is 1. The number of piperidine rings is 1. The van der Waals surface area contributed by atoms with Gasteiger partial charge in [-0.2, -0.15) is 0 Å². The van der Waals surface area contributed by atoms with Crippen molar-refractivity contribution in [1.82, 2.24) is 0 Å². The molecule has 2 aliphatic heterocycles. The van der Waals surface area contributed by atoms with Crippen LogP contribution in [-0.4, -0.2) is 54.0 Å². The highest BCUT2D eigenvalue weighted by Crippen LogP contribution is 2.43. The van der Waals surface area contributed by atoms with Crippen LogP contribution in [0.2, 0.25) is 0 Å². The molecular weight excluding hydrogens is 449 g/mol. The Bertz CT molecular complexity index is 795. The van der Waals surface area contributed by atoms with Gasteiger partial charge in [0.25, 0.3) is 0 Å². The Morgan fingerprint density at radius 3 is 1.93 bits per heavy atom. The number of aliphatic hydroxyl groups is 1. The maximum Gasteiger partial charge on any atom is 0.347 e. The highest BCUT2D eigenvalue weighted by atomic mass is 79.9. The summed E-state index contributed by atoms with van der Waals surface area (Å²) in [4.78, 5) is 13.3. The van der Waals surface area contributed by atoms with E-state index in [0.29, 0.717) is 29.8 Å². The number of carbonyl (C=O) groups is 1. The zero-order valence-electron chi connectivity index (χ0n) is 17.2. The number of quaternary nitrogens is 1. The Morgan fingerprint density at radius 1 is 1.03 bits per heavy atom. The molecule has 2 aromatic carbocycles. The molecule has 0 aliphatic carbocycles. The van der Waals surface area contributed by atoms with Gasteiger partial charge in [0.15, 0.2) is 0 Å². The first-order valence-corrected chi connectivity index (χ1v) is 10.4. The van der Waals surface area contributed by atoms with Crippen molar-refractivity contribution < 1.29 is 40.5 Å². The molecule has 30 heavy (non-hydrogen) atoms. The Balaban J connectivity index is 0.00000256. The van der Waals surface area contributed by atoms with Crippen LogP contribution in [0, 0.1) is 0 Å². The molecule has 4 atom stereocenters. The summed E-state index contributed by atoms with van der Waals surface area (Å²) < 4.78 is 19.8. The van der Waals surface area contributed by atoms with Crippen LogP contribution >= 0.6 is 0 Å². The van der Waals surface area contributed by atoms with Crippen molar-refractivity contribution in [3.05, 3.63) is 71.8 Å². The average molecular weight is 478 g/mol. The van der Waals surface area contributed by atoms with E-state index in [2.05, 4.69) is 7.05 Å². The van der Waals surface area contributed by atoms with E-state index in [9.17, 15) is 14.3 Å². The predicted octanol–water partition coefficient (Wildman–Crippen LogP) is 0.579. The summed E-state index contributed by atoms with van der Waals surface area (Å²) in [5, 5.41) is 11.6. The molecule has 1 unspecified atom stereocenters. The molecule has 6 heteroatoms. The molecule has 2 aromatic rings. The van der Waals surface area contributed by atoms with E-state index in [0.717, 1.165) is 30.2 Å². The molecule has 2 heterocycles. The molecule has 162 valence electrons. The zero-order valence-corrected chi connectivity index (χ0v) is 18.8. The fourth-order valence-electron chi connectivity index (χ4n) is 5.33. The summed E-state index contributed by atoms with van der Waals surface area (Å²) in [6.45, 7) is 0.198. The van der Waals surface area contributed by atoms with Crippen LogP contribution < -0.4 is 17.0 Å². The summed E-state index contributed by atoms with van der Waals surface area (Å²) in [7, 11) is 2.13. The normalized spacial score (nSPS) is 27.9. The van der Waals surface area contributed by atoms with E-state index in [-0.39, 0.29) is 29.8 Å². The Kier molecular flexibility index (Phi) is 7.00. The van der Waals surface area contributed by atoms with Gasteiger partial charge in [-0.25, -0.2) is 9.18 Å². The van der Waals surface area contributed by atoms with Crippen molar-refractivity contribution in [2.45, 2.75) is 49.5 Å². The van der Waals surface area contributed by atoms with E-state index in [1.165, 1.54) is 0 Å². The largest absolute Gasteiger partial charge is 1.00 e. The SMILES string of the molecule is C[N+]1(CCF)[C@@H]2CC[C@H]1C[C@@H](OC(=O)C(O)(c1ccccc1)c1ccccc1)C2.[Br-]. The number of hydrogen-bond donors (Lipinski definition) is 1. The topological polar surface area (TPSA) is 46.5 Å². The number of hydrogen-bond acceptors (Lipinski definition) is 3. The fourth-order valence-corrected chi connectivity index (χ4v) is 5.33. The van der Waals surface area contributed by atoms with Gasteiger partial charge in [-0.05, 0) is 11.1 Å². The zero-order chi connectivity index (χ0) is 20.5. The third kappa shape index (κ3) is 3.93. The van der Waals surface area contributed by atoms with Gasteiger partial charge < -0.3 is 31.3 Å². The van der Waals surface area contributed by atoms with E-state index in [1.807, 2.05) is 12.1 Å². The van der Waals surface area contributed by atoms with Crippen LogP contribution in [0.15, 0.2) is 60.7 Å². The van der Waals surface area contributed by atoms with Gasteiger partial charge in [0.1, 0.15) is 19.3 Å². The van der Waals surface area contributed by atoms with Gasteiger partial charge >= 0.3 is 5.97 Å². The molecule has 1 N–H and O–H groups in total. The number of rotatable bonds is 6.